The maximum atomic E-state index is 12.0. The maximum Gasteiger partial charge on any atom is 0.321 e. The molecule has 3 aromatic rings. The van der Waals surface area contributed by atoms with Crippen molar-refractivity contribution in [2.75, 3.05) is 12.0 Å². The van der Waals surface area contributed by atoms with E-state index in [1.54, 1.807) is 30.3 Å². The number of amides is 2. The first-order valence-electron chi connectivity index (χ1n) is 7.58. The van der Waals surface area contributed by atoms with Crippen molar-refractivity contribution in [2.45, 2.75) is 6.92 Å². The van der Waals surface area contributed by atoms with E-state index in [1.807, 2.05) is 37.3 Å². The molecule has 0 aliphatic carbocycles. The Hall–Kier alpha value is -3.21. The molecule has 0 saturated heterocycles. The summed E-state index contributed by atoms with van der Waals surface area (Å²) in [6.07, 6.45) is 0. The summed E-state index contributed by atoms with van der Waals surface area (Å²) < 4.78 is 5.46. The van der Waals surface area contributed by atoms with Crippen LogP contribution in [-0.4, -0.2) is 17.9 Å². The Morgan fingerprint density at radius 3 is 2.50 bits per heavy atom. The van der Waals surface area contributed by atoms with Gasteiger partial charge < -0.3 is 20.5 Å². The fourth-order valence-electron chi connectivity index (χ4n) is 2.39. The average molecular weight is 322 g/mol. The van der Waals surface area contributed by atoms with Gasteiger partial charge in [-0.15, -0.1) is 0 Å². The van der Waals surface area contributed by atoms with Gasteiger partial charge in [-0.2, -0.15) is 0 Å². The zero-order chi connectivity index (χ0) is 16.9. The number of anilines is 1. The van der Waals surface area contributed by atoms with Gasteiger partial charge in [-0.3, -0.25) is 0 Å². The van der Waals surface area contributed by atoms with Crippen molar-refractivity contribution in [3.8, 4) is 11.5 Å². The number of hydrogen-bond donors (Lipinski definition) is 3. The first kappa shape index (κ1) is 15.7. The Morgan fingerprint density at radius 1 is 1.00 bits per heavy atom. The molecular formula is C19H18N2O3. The number of phenols is 1. The number of aromatic hydroxyl groups is 1. The van der Waals surface area contributed by atoms with E-state index < -0.39 is 0 Å². The Kier molecular flexibility index (Phi) is 4.52. The molecule has 0 spiro atoms. The smallest absolute Gasteiger partial charge is 0.321 e. The van der Waals surface area contributed by atoms with E-state index in [0.29, 0.717) is 16.8 Å². The van der Waals surface area contributed by atoms with E-state index in [1.165, 1.54) is 0 Å². The normalized spacial score (nSPS) is 10.4. The Morgan fingerprint density at radius 2 is 1.71 bits per heavy atom. The number of hydrogen-bond acceptors (Lipinski definition) is 3. The third-order valence-electron chi connectivity index (χ3n) is 3.64. The number of rotatable bonds is 4. The molecule has 122 valence electrons. The molecule has 0 unspecified atom stereocenters. The summed E-state index contributed by atoms with van der Waals surface area (Å²) in [7, 11) is 0. The monoisotopic (exact) mass is 322 g/mol. The van der Waals surface area contributed by atoms with Crippen molar-refractivity contribution in [3.63, 3.8) is 0 Å². The van der Waals surface area contributed by atoms with Crippen LogP contribution in [0.3, 0.4) is 0 Å². The lowest BCUT2D eigenvalue weighted by Crippen LogP contribution is -2.32. The summed E-state index contributed by atoms with van der Waals surface area (Å²) in [6.45, 7) is 2.06. The van der Waals surface area contributed by atoms with Crippen molar-refractivity contribution in [1.82, 2.24) is 5.32 Å². The molecular weight excluding hydrogens is 304 g/mol. The number of urea groups is 1. The lowest BCUT2D eigenvalue weighted by molar-refractivity contribution is 0.234. The highest BCUT2D eigenvalue weighted by Crippen LogP contribution is 2.29. The number of aryl methyl sites for hydroxylation is 1. The van der Waals surface area contributed by atoms with E-state index >= 15 is 0 Å². The molecule has 0 aliphatic rings. The molecule has 3 rings (SSSR count). The molecule has 3 N–H and O–H groups in total. The van der Waals surface area contributed by atoms with Crippen molar-refractivity contribution in [1.29, 1.82) is 0 Å². The van der Waals surface area contributed by atoms with Gasteiger partial charge in [0.25, 0.3) is 0 Å². The largest absolute Gasteiger partial charge is 0.507 e. The van der Waals surface area contributed by atoms with E-state index in [4.69, 9.17) is 4.74 Å². The molecule has 0 aliphatic heterocycles. The molecule has 0 bridgehead atoms. The molecule has 24 heavy (non-hydrogen) atoms. The van der Waals surface area contributed by atoms with Crippen LogP contribution in [0.1, 0.15) is 5.56 Å². The molecule has 0 heterocycles. The van der Waals surface area contributed by atoms with Gasteiger partial charge in [0.1, 0.15) is 11.5 Å². The molecule has 0 atom stereocenters. The van der Waals surface area contributed by atoms with Crippen molar-refractivity contribution in [2.24, 2.45) is 0 Å². The number of carbonyl (C=O) groups is 1. The van der Waals surface area contributed by atoms with Gasteiger partial charge in [0.05, 0.1) is 5.69 Å². The summed E-state index contributed by atoms with van der Waals surface area (Å²) in [6, 6.07) is 17.8. The summed E-state index contributed by atoms with van der Waals surface area (Å²) in [5, 5.41) is 16.7. The van der Waals surface area contributed by atoms with Crippen molar-refractivity contribution >= 4 is 22.5 Å². The second-order valence-corrected chi connectivity index (χ2v) is 5.41. The van der Waals surface area contributed by atoms with Crippen LogP contribution in [0.2, 0.25) is 0 Å². The zero-order valence-electron chi connectivity index (χ0n) is 13.2. The number of fused-ring (bicyclic) bond motifs is 1. The number of carbonyl (C=O) groups excluding carboxylic acids is 1. The molecule has 0 fully saturated rings. The SMILES string of the molecule is Cc1ccc(OCNC(=O)Nc2cccc3c(O)cccc23)cc1. The highest BCUT2D eigenvalue weighted by molar-refractivity contribution is 6.03. The van der Waals surface area contributed by atoms with Gasteiger partial charge in [0.15, 0.2) is 6.73 Å². The Labute approximate surface area is 139 Å². The number of ether oxygens (including phenoxy) is 1. The second kappa shape index (κ2) is 6.91. The van der Waals surface area contributed by atoms with E-state index in [2.05, 4.69) is 10.6 Å². The third kappa shape index (κ3) is 3.57. The molecule has 5 heteroatoms. The Balaban J connectivity index is 1.61. The topological polar surface area (TPSA) is 70.6 Å². The van der Waals surface area contributed by atoms with Gasteiger partial charge in [0.2, 0.25) is 0 Å². The predicted octanol–water partition coefficient (Wildman–Crippen LogP) is 4.01. The van der Waals surface area contributed by atoms with Crippen LogP contribution in [0, 0.1) is 6.92 Å². The van der Waals surface area contributed by atoms with Gasteiger partial charge in [-0.05, 0) is 31.2 Å². The minimum Gasteiger partial charge on any atom is -0.507 e. The Bertz CT molecular complexity index is 860. The second-order valence-electron chi connectivity index (χ2n) is 5.41. The molecule has 2 amide bonds. The van der Waals surface area contributed by atoms with E-state index in [9.17, 15) is 9.90 Å². The van der Waals surface area contributed by atoms with E-state index in [0.717, 1.165) is 10.9 Å². The van der Waals surface area contributed by atoms with Gasteiger partial charge in [-0.25, -0.2) is 4.79 Å². The van der Waals surface area contributed by atoms with Crippen LogP contribution in [0.5, 0.6) is 11.5 Å². The summed E-state index contributed by atoms with van der Waals surface area (Å²) in [5.41, 5.74) is 1.77. The van der Waals surface area contributed by atoms with Crippen LogP contribution in [0.4, 0.5) is 10.5 Å². The fourth-order valence-corrected chi connectivity index (χ4v) is 2.39. The maximum absolute atomic E-state index is 12.0. The van der Waals surface area contributed by atoms with Crippen LogP contribution < -0.4 is 15.4 Å². The highest BCUT2D eigenvalue weighted by Gasteiger charge is 2.07. The van der Waals surface area contributed by atoms with E-state index in [-0.39, 0.29) is 18.5 Å². The van der Waals surface area contributed by atoms with Gasteiger partial charge in [-0.1, -0.05) is 42.0 Å². The minimum atomic E-state index is -0.377. The summed E-state index contributed by atoms with van der Waals surface area (Å²) in [5.74, 6) is 0.871. The lowest BCUT2D eigenvalue weighted by atomic mass is 10.1. The van der Waals surface area contributed by atoms with Crippen LogP contribution >= 0.6 is 0 Å². The quantitative estimate of drug-likeness (QED) is 0.636. The number of benzene rings is 3. The highest BCUT2D eigenvalue weighted by atomic mass is 16.5. The minimum absolute atomic E-state index is 0.0604. The third-order valence-corrected chi connectivity index (χ3v) is 3.64. The molecule has 5 nitrogen and oxygen atoms in total. The average Bonchev–Trinajstić information content (AvgIpc) is 2.58. The molecule has 0 saturated carbocycles. The van der Waals surface area contributed by atoms with Crippen molar-refractivity contribution in [3.05, 3.63) is 66.2 Å². The molecule has 3 aromatic carbocycles. The molecule has 0 aromatic heterocycles. The zero-order valence-corrected chi connectivity index (χ0v) is 13.2. The van der Waals surface area contributed by atoms with Gasteiger partial charge in [0, 0.05) is 10.8 Å². The predicted molar refractivity (Wildman–Crippen MR) is 94.4 cm³/mol. The fraction of sp³-hybridized carbons (Fsp3) is 0.105. The van der Waals surface area contributed by atoms with Crippen LogP contribution in [0.15, 0.2) is 60.7 Å². The summed E-state index contributed by atoms with van der Waals surface area (Å²) >= 11 is 0. The van der Waals surface area contributed by atoms with Crippen LogP contribution in [-0.2, 0) is 0 Å². The lowest BCUT2D eigenvalue weighted by Gasteiger charge is -2.11. The first-order chi connectivity index (χ1) is 11.6. The number of nitrogens with one attached hydrogen (secondary N) is 2. The van der Waals surface area contributed by atoms with Crippen molar-refractivity contribution < 1.29 is 14.6 Å². The first-order valence-corrected chi connectivity index (χ1v) is 7.58. The number of phenolic OH excluding ortho intramolecular Hbond substituents is 1. The summed E-state index contributed by atoms with van der Waals surface area (Å²) in [4.78, 5) is 12.0. The standard InChI is InChI=1S/C19H18N2O3/c1-13-8-10-14(11-9-13)24-12-20-19(23)21-17-6-2-5-16-15(17)4-3-7-18(16)22/h2-11,22H,12H2,1H3,(H2,20,21,23). The van der Waals surface area contributed by atoms with Gasteiger partial charge >= 0.3 is 6.03 Å². The molecule has 0 radical (unpaired) electrons. The van der Waals surface area contributed by atoms with Crippen LogP contribution in [0.25, 0.3) is 10.8 Å².